The molecule has 35 heavy (non-hydrogen) atoms. The molecule has 0 bridgehead atoms. The number of ether oxygens (including phenoxy) is 1. The maximum absolute atomic E-state index is 13.2. The fourth-order valence-corrected chi connectivity index (χ4v) is 4.05. The van der Waals surface area contributed by atoms with E-state index >= 15 is 0 Å². The van der Waals surface area contributed by atoms with Crippen molar-refractivity contribution in [2.45, 2.75) is 39.3 Å². The second kappa shape index (κ2) is 9.93. The van der Waals surface area contributed by atoms with Crippen molar-refractivity contribution in [2.24, 2.45) is 0 Å². The van der Waals surface area contributed by atoms with E-state index in [4.69, 9.17) is 4.74 Å². The molecule has 4 rings (SSSR count). The SMILES string of the molecule is CCc1ccc(/C(O)=C2\C(=O)C(=O)N(c3ccc(C(=O)OC(C)C)cc3)C2c2cccnc2)cc1. The Hall–Kier alpha value is -4.26. The summed E-state index contributed by atoms with van der Waals surface area (Å²) >= 11 is 0. The Labute approximate surface area is 203 Å². The molecule has 0 aliphatic carbocycles. The van der Waals surface area contributed by atoms with Crippen molar-refractivity contribution >= 4 is 29.1 Å². The van der Waals surface area contributed by atoms with Gasteiger partial charge in [0.05, 0.1) is 23.3 Å². The van der Waals surface area contributed by atoms with Gasteiger partial charge in [-0.1, -0.05) is 37.3 Å². The summed E-state index contributed by atoms with van der Waals surface area (Å²) in [6.07, 6.45) is 3.72. The minimum absolute atomic E-state index is 0.0180. The van der Waals surface area contributed by atoms with E-state index in [9.17, 15) is 19.5 Å². The average molecular weight is 471 g/mol. The van der Waals surface area contributed by atoms with Crippen molar-refractivity contribution in [3.05, 3.63) is 101 Å². The number of aliphatic hydroxyl groups is 1. The Kier molecular flexibility index (Phi) is 6.78. The number of anilines is 1. The fraction of sp³-hybridized carbons (Fsp3) is 0.214. The van der Waals surface area contributed by atoms with E-state index in [1.54, 1.807) is 74.8 Å². The lowest BCUT2D eigenvalue weighted by Crippen LogP contribution is -2.29. The summed E-state index contributed by atoms with van der Waals surface area (Å²) in [6, 6.07) is 16.0. The zero-order valence-corrected chi connectivity index (χ0v) is 19.8. The molecule has 3 aromatic rings. The summed E-state index contributed by atoms with van der Waals surface area (Å²) in [5.41, 5.74) is 2.82. The molecule has 0 saturated carbocycles. The summed E-state index contributed by atoms with van der Waals surface area (Å²) in [7, 11) is 0. The summed E-state index contributed by atoms with van der Waals surface area (Å²) in [5.74, 6) is -2.30. The van der Waals surface area contributed by atoms with E-state index in [1.807, 2.05) is 19.1 Å². The minimum atomic E-state index is -0.886. The van der Waals surface area contributed by atoms with Crippen molar-refractivity contribution in [2.75, 3.05) is 4.90 Å². The predicted molar refractivity (Wildman–Crippen MR) is 132 cm³/mol. The molecule has 1 amide bonds. The zero-order valence-electron chi connectivity index (χ0n) is 19.8. The van der Waals surface area contributed by atoms with Crippen LogP contribution in [0.15, 0.2) is 78.6 Å². The van der Waals surface area contributed by atoms with E-state index in [-0.39, 0.29) is 17.4 Å². The zero-order chi connectivity index (χ0) is 25.1. The highest BCUT2D eigenvalue weighted by Gasteiger charge is 2.47. The van der Waals surface area contributed by atoms with Crippen LogP contribution in [0.3, 0.4) is 0 Å². The van der Waals surface area contributed by atoms with Gasteiger partial charge in [0, 0.05) is 23.6 Å². The number of Topliss-reactive ketones (excluding diaryl/α,β-unsaturated/α-hetero) is 1. The first-order valence-corrected chi connectivity index (χ1v) is 11.4. The first kappa shape index (κ1) is 23.9. The third-order valence-corrected chi connectivity index (χ3v) is 5.80. The lowest BCUT2D eigenvalue weighted by molar-refractivity contribution is -0.132. The van der Waals surface area contributed by atoms with Gasteiger partial charge in [0.15, 0.2) is 0 Å². The van der Waals surface area contributed by atoms with Gasteiger partial charge >= 0.3 is 5.97 Å². The van der Waals surface area contributed by atoms with Gasteiger partial charge in [0.1, 0.15) is 5.76 Å². The van der Waals surface area contributed by atoms with Gasteiger partial charge < -0.3 is 9.84 Å². The van der Waals surface area contributed by atoms with Crippen molar-refractivity contribution in [3.63, 3.8) is 0 Å². The van der Waals surface area contributed by atoms with Crippen LogP contribution < -0.4 is 4.90 Å². The first-order valence-electron chi connectivity index (χ1n) is 11.4. The number of carbonyl (C=O) groups is 3. The van der Waals surface area contributed by atoms with E-state index in [0.717, 1.165) is 12.0 Å². The van der Waals surface area contributed by atoms with Crippen molar-refractivity contribution in [3.8, 4) is 0 Å². The van der Waals surface area contributed by atoms with Gasteiger partial charge in [-0.3, -0.25) is 19.5 Å². The number of pyridine rings is 1. The van der Waals surface area contributed by atoms with Gasteiger partial charge in [-0.05, 0) is 61.7 Å². The standard InChI is InChI=1S/C28H26N2O5/c1-4-18-7-9-19(10-8-18)25(31)23-24(21-6-5-15-29-16-21)30(27(33)26(23)32)22-13-11-20(12-14-22)28(34)35-17(2)3/h5-17,24,31H,4H2,1-3H3/b25-23+. The van der Waals surface area contributed by atoms with Gasteiger partial charge in [-0.25, -0.2) is 4.79 Å². The Morgan fingerprint density at radius 2 is 1.69 bits per heavy atom. The van der Waals surface area contributed by atoms with Crippen LogP contribution in [0.1, 0.15) is 53.9 Å². The third-order valence-electron chi connectivity index (χ3n) is 5.80. The molecule has 0 radical (unpaired) electrons. The van der Waals surface area contributed by atoms with Gasteiger partial charge in [0.25, 0.3) is 11.7 Å². The molecule has 1 aliphatic heterocycles. The number of aromatic nitrogens is 1. The predicted octanol–water partition coefficient (Wildman–Crippen LogP) is 4.84. The van der Waals surface area contributed by atoms with Crippen LogP contribution in [-0.2, 0) is 20.7 Å². The van der Waals surface area contributed by atoms with Crippen molar-refractivity contribution in [1.82, 2.24) is 4.98 Å². The summed E-state index contributed by atoms with van der Waals surface area (Å²) < 4.78 is 5.22. The number of nitrogens with zero attached hydrogens (tertiary/aromatic N) is 2. The number of amides is 1. The molecule has 7 heteroatoms. The summed E-state index contributed by atoms with van der Waals surface area (Å²) in [6.45, 7) is 5.54. The Balaban J connectivity index is 1.81. The number of rotatable bonds is 6. The molecule has 1 unspecified atom stereocenters. The fourth-order valence-electron chi connectivity index (χ4n) is 4.05. The lowest BCUT2D eigenvalue weighted by Gasteiger charge is -2.25. The van der Waals surface area contributed by atoms with Crippen LogP contribution in [-0.4, -0.2) is 33.9 Å². The van der Waals surface area contributed by atoms with Crippen LogP contribution in [0, 0.1) is 0 Å². The van der Waals surface area contributed by atoms with E-state index in [1.165, 1.54) is 4.90 Å². The maximum Gasteiger partial charge on any atom is 0.338 e. The Morgan fingerprint density at radius 3 is 2.26 bits per heavy atom. The van der Waals surface area contributed by atoms with Crippen LogP contribution in [0.2, 0.25) is 0 Å². The molecule has 7 nitrogen and oxygen atoms in total. The topological polar surface area (TPSA) is 96.8 Å². The van der Waals surface area contributed by atoms with Crippen LogP contribution in [0.4, 0.5) is 5.69 Å². The second-order valence-electron chi connectivity index (χ2n) is 8.51. The number of carbonyl (C=O) groups excluding carboxylic acids is 3. The smallest absolute Gasteiger partial charge is 0.338 e. The molecule has 1 aromatic heterocycles. The highest BCUT2D eigenvalue weighted by molar-refractivity contribution is 6.51. The molecule has 1 aliphatic rings. The normalized spacial score (nSPS) is 17.1. The molecule has 2 aromatic carbocycles. The molecule has 1 saturated heterocycles. The molecule has 178 valence electrons. The highest BCUT2D eigenvalue weighted by atomic mass is 16.5. The van der Waals surface area contributed by atoms with Crippen molar-refractivity contribution in [1.29, 1.82) is 0 Å². The number of benzene rings is 2. The summed E-state index contributed by atoms with van der Waals surface area (Å²) in [4.78, 5) is 44.1. The number of aliphatic hydroxyl groups excluding tert-OH is 1. The molecule has 1 N–H and O–H groups in total. The Bertz CT molecular complexity index is 1280. The summed E-state index contributed by atoms with van der Waals surface area (Å²) in [5, 5.41) is 11.2. The lowest BCUT2D eigenvalue weighted by atomic mass is 9.95. The number of hydrogen-bond donors (Lipinski definition) is 1. The molecular formula is C28H26N2O5. The van der Waals surface area contributed by atoms with Crippen LogP contribution in [0.5, 0.6) is 0 Å². The molecule has 1 fully saturated rings. The van der Waals surface area contributed by atoms with Crippen molar-refractivity contribution < 1.29 is 24.2 Å². The molecular weight excluding hydrogens is 444 g/mol. The van der Waals surface area contributed by atoms with Crippen LogP contribution >= 0.6 is 0 Å². The van der Waals surface area contributed by atoms with Gasteiger partial charge in [0.2, 0.25) is 0 Å². The Morgan fingerprint density at radius 1 is 1.03 bits per heavy atom. The number of hydrogen-bond acceptors (Lipinski definition) is 6. The van der Waals surface area contributed by atoms with E-state index in [2.05, 4.69) is 4.98 Å². The molecule has 2 heterocycles. The quantitative estimate of drug-likeness (QED) is 0.240. The van der Waals surface area contributed by atoms with E-state index in [0.29, 0.717) is 22.4 Å². The average Bonchev–Trinajstić information content (AvgIpc) is 3.14. The second-order valence-corrected chi connectivity index (χ2v) is 8.51. The third kappa shape index (κ3) is 4.71. The first-order chi connectivity index (χ1) is 16.8. The van der Waals surface area contributed by atoms with E-state index < -0.39 is 23.7 Å². The number of esters is 1. The highest BCUT2D eigenvalue weighted by Crippen LogP contribution is 2.42. The van der Waals surface area contributed by atoms with Crippen LogP contribution in [0.25, 0.3) is 5.76 Å². The number of ketones is 1. The minimum Gasteiger partial charge on any atom is -0.507 e. The maximum atomic E-state index is 13.2. The number of aryl methyl sites for hydroxylation is 1. The monoisotopic (exact) mass is 470 g/mol. The largest absolute Gasteiger partial charge is 0.507 e. The van der Waals surface area contributed by atoms with Gasteiger partial charge in [-0.2, -0.15) is 0 Å². The molecule has 0 spiro atoms. The molecule has 1 atom stereocenters. The van der Waals surface area contributed by atoms with Gasteiger partial charge in [-0.15, -0.1) is 0 Å².